The Labute approximate surface area is 229 Å². The molecular weight excluding hydrogens is 551 g/mol. The molecule has 5 rings (SSSR count). The number of Topliss-reactive ketones (excluding diaryl/α,β-unsaturated/α-hetero) is 1. The van der Waals surface area contributed by atoms with Gasteiger partial charge in [-0.1, -0.05) is 26.8 Å². The number of benzene rings is 1. The van der Waals surface area contributed by atoms with Gasteiger partial charge in [-0.25, -0.2) is 41.2 Å². The molecule has 40 heavy (non-hydrogen) atoms. The zero-order chi connectivity index (χ0) is 29.5. The average Bonchev–Trinajstić information content (AvgIpc) is 3.49. The molecule has 2 aliphatic carbocycles. The highest BCUT2D eigenvalue weighted by Gasteiger charge is 2.64. The van der Waals surface area contributed by atoms with E-state index in [4.69, 9.17) is 0 Å². The van der Waals surface area contributed by atoms with Gasteiger partial charge in [0.1, 0.15) is 42.0 Å². The first-order chi connectivity index (χ1) is 18.6. The Kier molecular flexibility index (Phi) is 7.91. The fourth-order valence-electron chi connectivity index (χ4n) is 6.13. The molecule has 0 saturated heterocycles. The summed E-state index contributed by atoms with van der Waals surface area (Å²) < 4.78 is 75.7. The van der Waals surface area contributed by atoms with Gasteiger partial charge in [0.2, 0.25) is 0 Å². The van der Waals surface area contributed by atoms with Crippen LogP contribution in [0.15, 0.2) is 43.4 Å². The highest BCUT2D eigenvalue weighted by Crippen LogP contribution is 2.64. The second kappa shape index (κ2) is 10.6. The minimum absolute atomic E-state index is 0.0248. The molecule has 0 aliphatic heterocycles. The molecule has 1 unspecified atom stereocenters. The van der Waals surface area contributed by atoms with E-state index in [1.807, 2.05) is 13.8 Å². The Morgan fingerprint density at radius 3 is 2.45 bits per heavy atom. The van der Waals surface area contributed by atoms with Crippen LogP contribution in [0.2, 0.25) is 0 Å². The van der Waals surface area contributed by atoms with Crippen molar-refractivity contribution in [3.63, 3.8) is 0 Å². The van der Waals surface area contributed by atoms with Gasteiger partial charge in [-0.2, -0.15) is 5.10 Å². The number of carbonyl (C=O) groups is 1. The molecule has 0 spiro atoms. The highest BCUT2D eigenvalue weighted by molar-refractivity contribution is 7.85. The summed E-state index contributed by atoms with van der Waals surface area (Å²) in [6.07, 6.45) is 6.54. The zero-order valence-corrected chi connectivity index (χ0v) is 22.9. The number of ketones is 1. The molecule has 2 aromatic heterocycles. The van der Waals surface area contributed by atoms with E-state index in [-0.39, 0.29) is 34.9 Å². The van der Waals surface area contributed by atoms with Crippen molar-refractivity contribution in [2.75, 3.05) is 5.75 Å². The fraction of sp³-hybridized carbons (Fsp3) is 0.500. The monoisotopic (exact) mass is 580 g/mol. The topological polar surface area (TPSA) is 151 Å². The highest BCUT2D eigenvalue weighted by atomic mass is 32.2. The number of halogens is 3. The van der Waals surface area contributed by atoms with E-state index in [2.05, 4.69) is 20.1 Å². The van der Waals surface area contributed by atoms with Crippen molar-refractivity contribution in [2.45, 2.75) is 58.1 Å². The van der Waals surface area contributed by atoms with Crippen molar-refractivity contribution in [3.05, 3.63) is 72.1 Å². The Balaban J connectivity index is 0.000000210. The Morgan fingerprint density at radius 2 is 1.93 bits per heavy atom. The predicted octanol–water partition coefficient (Wildman–Crippen LogP) is 3.10. The fourth-order valence-corrected chi connectivity index (χ4v) is 7.42. The first kappa shape index (κ1) is 29.7. The molecule has 14 heteroatoms. The number of carbonyl (C=O) groups excluding carboxylic acids is 1. The van der Waals surface area contributed by atoms with E-state index < -0.39 is 50.3 Å². The van der Waals surface area contributed by atoms with Gasteiger partial charge in [-0.05, 0) is 30.2 Å². The smallest absolute Gasteiger partial charge is 0.163 e. The lowest BCUT2D eigenvalue weighted by Gasteiger charge is -2.37. The van der Waals surface area contributed by atoms with E-state index in [1.165, 1.54) is 24.3 Å². The molecule has 1 N–H and O–H groups in total. The minimum atomic E-state index is -4.33. The summed E-state index contributed by atoms with van der Waals surface area (Å²) in [5, 5.41) is 15.2. The van der Waals surface area contributed by atoms with Gasteiger partial charge in [0, 0.05) is 29.4 Å². The molecular formula is C26H29F3N5O5S-. The van der Waals surface area contributed by atoms with Gasteiger partial charge >= 0.3 is 0 Å². The second-order valence-corrected chi connectivity index (χ2v) is 12.4. The van der Waals surface area contributed by atoms with Crippen LogP contribution < -0.4 is 0 Å². The molecule has 2 saturated carbocycles. The maximum Gasteiger partial charge on any atom is 0.163 e. The normalized spacial score (nSPS) is 23.8. The Bertz CT molecular complexity index is 1500. The van der Waals surface area contributed by atoms with Crippen molar-refractivity contribution in [1.29, 1.82) is 0 Å². The molecule has 0 amide bonds. The second-order valence-electron chi connectivity index (χ2n) is 11.0. The average molecular weight is 581 g/mol. The van der Waals surface area contributed by atoms with Crippen molar-refractivity contribution in [3.8, 4) is 0 Å². The Hall–Kier alpha value is -3.23. The van der Waals surface area contributed by atoms with E-state index in [0.29, 0.717) is 18.9 Å². The first-order valence-corrected chi connectivity index (χ1v) is 14.1. The molecule has 2 aliphatic rings. The number of aliphatic hydroxyl groups is 1. The number of aromatic nitrogens is 5. The van der Waals surface area contributed by atoms with Crippen LogP contribution in [0.3, 0.4) is 0 Å². The molecule has 10 nitrogen and oxygen atoms in total. The van der Waals surface area contributed by atoms with E-state index >= 15 is 0 Å². The van der Waals surface area contributed by atoms with Crippen LogP contribution in [-0.2, 0) is 27.1 Å². The lowest BCUT2D eigenvalue weighted by atomic mass is 9.70. The Morgan fingerprint density at radius 1 is 1.20 bits per heavy atom. The van der Waals surface area contributed by atoms with Crippen molar-refractivity contribution < 1.29 is 36.0 Å². The first-order valence-electron chi connectivity index (χ1n) is 12.5. The quantitative estimate of drug-likeness (QED) is 0.416. The molecule has 3 aromatic rings. The minimum Gasteiger partial charge on any atom is -0.748 e. The molecule has 2 fully saturated rings. The summed E-state index contributed by atoms with van der Waals surface area (Å²) in [6.45, 7) is 5.09. The molecule has 4 atom stereocenters. The lowest BCUT2D eigenvalue weighted by molar-refractivity contribution is -0.128. The number of fused-ring (bicyclic) bond motifs is 2. The number of nitrogens with zero attached hydrogens (tertiary/aromatic N) is 5. The van der Waals surface area contributed by atoms with E-state index in [9.17, 15) is 36.0 Å². The van der Waals surface area contributed by atoms with E-state index in [0.717, 1.165) is 31.1 Å². The largest absolute Gasteiger partial charge is 0.748 e. The van der Waals surface area contributed by atoms with Gasteiger partial charge in [0.15, 0.2) is 5.82 Å². The summed E-state index contributed by atoms with van der Waals surface area (Å²) in [6, 6.07) is 2.80. The van der Waals surface area contributed by atoms with Gasteiger partial charge in [0.05, 0.1) is 34.3 Å². The molecule has 0 radical (unpaired) electrons. The van der Waals surface area contributed by atoms with Gasteiger partial charge < -0.3 is 9.66 Å². The van der Waals surface area contributed by atoms with Gasteiger partial charge in [0.25, 0.3) is 0 Å². The molecule has 2 heterocycles. The van der Waals surface area contributed by atoms with Crippen molar-refractivity contribution in [1.82, 2.24) is 24.7 Å². The third-order valence-electron chi connectivity index (χ3n) is 8.65. The third-order valence-corrected chi connectivity index (χ3v) is 9.50. The predicted molar refractivity (Wildman–Crippen MR) is 134 cm³/mol. The van der Waals surface area contributed by atoms with Crippen LogP contribution in [0.25, 0.3) is 0 Å². The van der Waals surface area contributed by atoms with Crippen LogP contribution in [0.5, 0.6) is 0 Å². The molecule has 216 valence electrons. The van der Waals surface area contributed by atoms with Gasteiger partial charge in [-0.15, -0.1) is 0 Å². The SMILES string of the molecule is CC1(C)C2CC[C@]1(CS(=O)(=O)[O-])C(=O)C2.C[C@@H](c1ncncc1F)[C@](O)(Cn1cncn1)c1ccc(F)cc1F. The van der Waals surface area contributed by atoms with Crippen molar-refractivity contribution in [2.24, 2.45) is 16.7 Å². The molecule has 1 aromatic carbocycles. The summed E-state index contributed by atoms with van der Waals surface area (Å²) in [5.41, 5.74) is -3.48. The maximum absolute atomic E-state index is 14.4. The zero-order valence-electron chi connectivity index (χ0n) is 22.1. The standard InChI is InChI=1S/C16H14F3N5O.C10H16O4S/c1-10(15-14(19)5-20-7-22-15)16(25,6-24-9-21-8-23-24)12-3-2-11(17)4-13(12)18;1-9(2)7-3-4-10(9,8(11)5-7)6-15(12,13)14/h2-5,7-10,25H,6H2,1H3;7H,3-6H2,1-2H3,(H,12,13,14)/p-1/t10-,16+;7?,10-/m00/s1. The van der Waals surface area contributed by atoms with Crippen LogP contribution in [0, 0.1) is 34.2 Å². The summed E-state index contributed by atoms with van der Waals surface area (Å²) in [7, 11) is -4.33. The summed E-state index contributed by atoms with van der Waals surface area (Å²) >= 11 is 0. The maximum atomic E-state index is 14.4. The third kappa shape index (κ3) is 5.39. The van der Waals surface area contributed by atoms with Crippen LogP contribution in [0.4, 0.5) is 13.2 Å². The summed E-state index contributed by atoms with van der Waals surface area (Å²) in [4.78, 5) is 23.0. The van der Waals surface area contributed by atoms with Crippen LogP contribution >= 0.6 is 0 Å². The molecule has 2 bridgehead atoms. The lowest BCUT2D eigenvalue weighted by Crippen LogP contribution is -2.42. The number of hydrogen-bond donors (Lipinski definition) is 1. The van der Waals surface area contributed by atoms with Gasteiger partial charge in [-0.3, -0.25) is 4.79 Å². The van der Waals surface area contributed by atoms with E-state index in [1.54, 1.807) is 0 Å². The number of hydrogen-bond acceptors (Lipinski definition) is 9. The van der Waals surface area contributed by atoms with Crippen molar-refractivity contribution >= 4 is 15.9 Å². The van der Waals surface area contributed by atoms with Crippen LogP contribution in [0.1, 0.15) is 57.2 Å². The summed E-state index contributed by atoms with van der Waals surface area (Å²) in [5.74, 6) is -3.75. The number of rotatable bonds is 7. The van der Waals surface area contributed by atoms with Crippen LogP contribution in [-0.4, -0.2) is 54.3 Å².